The van der Waals surface area contributed by atoms with Crippen LogP contribution in [0.4, 0.5) is 0 Å². The molecule has 0 fully saturated rings. The Morgan fingerprint density at radius 1 is 0.692 bits per heavy atom. The summed E-state index contributed by atoms with van der Waals surface area (Å²) in [5.74, 6) is 0.844. The fraction of sp³-hybridized carbons (Fsp3) is 0.629. The van der Waals surface area contributed by atoms with E-state index in [4.69, 9.17) is 9.47 Å². The van der Waals surface area contributed by atoms with E-state index >= 15 is 0 Å². The summed E-state index contributed by atoms with van der Waals surface area (Å²) in [4.78, 5) is 12.2. The Kier molecular flexibility index (Phi) is 17.3. The molecule has 2 aromatic carbocycles. The first-order valence-electron chi connectivity index (χ1n) is 15.7. The molecule has 0 atom stereocenters. The van der Waals surface area contributed by atoms with Gasteiger partial charge < -0.3 is 14.0 Å². The number of aryl methyl sites for hydroxylation is 1. The number of carbonyl (C=O) groups excluding carboxylic acids is 1. The summed E-state index contributed by atoms with van der Waals surface area (Å²) in [5.41, 5.74) is 2.65. The van der Waals surface area contributed by atoms with Crippen molar-refractivity contribution in [3.63, 3.8) is 0 Å². The van der Waals surface area contributed by atoms with Crippen LogP contribution in [-0.2, 0) is 22.5 Å². The molecule has 0 radical (unpaired) electrons. The third-order valence-electron chi connectivity index (χ3n) is 7.41. The van der Waals surface area contributed by atoms with Gasteiger partial charge in [-0.05, 0) is 43.4 Å². The van der Waals surface area contributed by atoms with E-state index < -0.39 is 0 Å². The number of ether oxygens (including phenoxy) is 2. The van der Waals surface area contributed by atoms with Crippen LogP contribution in [0.2, 0.25) is 0 Å². The Labute approximate surface area is 239 Å². The van der Waals surface area contributed by atoms with Gasteiger partial charge in [0.15, 0.2) is 0 Å². The maximum atomic E-state index is 12.2. The average molecular weight is 539 g/mol. The minimum Gasteiger partial charge on any atom is -0.494 e. The molecule has 2 rings (SSSR count). The fourth-order valence-electron chi connectivity index (χ4n) is 4.99. The molecule has 0 N–H and O–H groups in total. The van der Waals surface area contributed by atoms with Crippen molar-refractivity contribution in [2.45, 2.75) is 110 Å². The van der Waals surface area contributed by atoms with E-state index in [0.717, 1.165) is 42.6 Å². The van der Waals surface area contributed by atoms with Crippen LogP contribution in [0.15, 0.2) is 54.6 Å². The highest BCUT2D eigenvalue weighted by atomic mass is 16.5. The summed E-state index contributed by atoms with van der Waals surface area (Å²) in [7, 11) is 4.31. The van der Waals surface area contributed by atoms with Crippen molar-refractivity contribution in [2.24, 2.45) is 0 Å². The second-order valence-corrected chi connectivity index (χ2v) is 11.8. The lowest BCUT2D eigenvalue weighted by Gasteiger charge is -2.29. The summed E-state index contributed by atoms with van der Waals surface area (Å²) < 4.78 is 12.2. The summed E-state index contributed by atoms with van der Waals surface area (Å²) >= 11 is 0. The van der Waals surface area contributed by atoms with Gasteiger partial charge in [0, 0.05) is 5.56 Å². The normalized spacial score (nSPS) is 11.5. The molecule has 0 spiro atoms. The van der Waals surface area contributed by atoms with Gasteiger partial charge in [-0.15, -0.1) is 0 Å². The van der Waals surface area contributed by atoms with Gasteiger partial charge in [0.05, 0.1) is 40.3 Å². The molecule has 39 heavy (non-hydrogen) atoms. The molecule has 4 heteroatoms. The lowest BCUT2D eigenvalue weighted by Crippen LogP contribution is -2.40. The lowest BCUT2D eigenvalue weighted by molar-refractivity contribution is -0.903. The average Bonchev–Trinajstić information content (AvgIpc) is 2.93. The van der Waals surface area contributed by atoms with E-state index in [0.29, 0.717) is 19.6 Å². The lowest BCUT2D eigenvalue weighted by atomic mass is 10.0. The van der Waals surface area contributed by atoms with Gasteiger partial charge in [-0.1, -0.05) is 114 Å². The van der Waals surface area contributed by atoms with Crippen LogP contribution in [-0.4, -0.2) is 44.3 Å². The summed E-state index contributed by atoms with van der Waals surface area (Å²) in [6.07, 6.45) is 18.4. The number of nitrogens with zero attached hydrogens (tertiary/aromatic N) is 1. The van der Waals surface area contributed by atoms with Crippen LogP contribution < -0.4 is 4.74 Å². The molecule has 218 valence electrons. The van der Waals surface area contributed by atoms with Crippen molar-refractivity contribution in [2.75, 3.05) is 33.9 Å². The Morgan fingerprint density at radius 3 is 2.00 bits per heavy atom. The highest BCUT2D eigenvalue weighted by molar-refractivity contribution is 5.69. The number of hydrogen-bond donors (Lipinski definition) is 0. The number of unbranched alkanes of at least 4 members (excludes halogenated alkanes) is 11. The highest BCUT2D eigenvalue weighted by Crippen LogP contribution is 2.17. The molecule has 0 saturated heterocycles. The largest absolute Gasteiger partial charge is 0.494 e. The number of rotatable bonds is 23. The Hall–Kier alpha value is -2.33. The number of quaternary nitrogens is 1. The van der Waals surface area contributed by atoms with Crippen LogP contribution >= 0.6 is 0 Å². The molecule has 0 aliphatic carbocycles. The van der Waals surface area contributed by atoms with Crippen LogP contribution in [0.25, 0.3) is 0 Å². The molecule has 0 bridgehead atoms. The molecule has 2 aromatic rings. The monoisotopic (exact) mass is 538 g/mol. The first-order chi connectivity index (χ1) is 19.0. The predicted molar refractivity (Wildman–Crippen MR) is 164 cm³/mol. The van der Waals surface area contributed by atoms with Crippen LogP contribution in [0.1, 0.15) is 108 Å². The van der Waals surface area contributed by atoms with Gasteiger partial charge in [-0.25, -0.2) is 0 Å². The summed E-state index contributed by atoms with van der Waals surface area (Å²) in [5, 5.41) is 0. The first kappa shape index (κ1) is 32.9. The minimum absolute atomic E-state index is 0.106. The summed E-state index contributed by atoms with van der Waals surface area (Å²) in [6, 6.07) is 19.0. The van der Waals surface area contributed by atoms with Crippen molar-refractivity contribution >= 4 is 5.97 Å². The van der Waals surface area contributed by atoms with E-state index in [-0.39, 0.29) is 5.97 Å². The zero-order chi connectivity index (χ0) is 28.0. The zero-order valence-corrected chi connectivity index (χ0v) is 25.3. The first-order valence-corrected chi connectivity index (χ1v) is 15.7. The molecule has 0 aliphatic rings. The minimum atomic E-state index is -0.106. The SMILES string of the molecule is CCCCCCCCCCCCCc1cccc(OCCCCOC(=O)CC[N+](C)(C)Cc2ccccc2)c1. The number of hydrogen-bond acceptors (Lipinski definition) is 3. The van der Waals surface area contributed by atoms with Crippen molar-refractivity contribution in [1.29, 1.82) is 0 Å². The molecule has 0 heterocycles. The fourth-order valence-corrected chi connectivity index (χ4v) is 4.99. The van der Waals surface area contributed by atoms with Crippen LogP contribution in [0.3, 0.4) is 0 Å². The molecule has 0 amide bonds. The summed E-state index contributed by atoms with van der Waals surface area (Å²) in [6.45, 7) is 5.08. The van der Waals surface area contributed by atoms with Crippen molar-refractivity contribution < 1.29 is 18.8 Å². The number of carbonyl (C=O) groups is 1. The van der Waals surface area contributed by atoms with Crippen LogP contribution in [0.5, 0.6) is 5.75 Å². The topological polar surface area (TPSA) is 35.5 Å². The Bertz CT molecular complexity index is 880. The quantitative estimate of drug-likeness (QED) is 0.0805. The van der Waals surface area contributed by atoms with Gasteiger partial charge in [-0.2, -0.15) is 0 Å². The van der Waals surface area contributed by atoms with Gasteiger partial charge >= 0.3 is 5.97 Å². The van der Waals surface area contributed by atoms with Crippen molar-refractivity contribution in [1.82, 2.24) is 0 Å². The maximum absolute atomic E-state index is 12.2. The van der Waals surface area contributed by atoms with Crippen molar-refractivity contribution in [3.05, 3.63) is 65.7 Å². The van der Waals surface area contributed by atoms with Gasteiger partial charge in [0.2, 0.25) is 0 Å². The van der Waals surface area contributed by atoms with Gasteiger partial charge in [0.1, 0.15) is 12.3 Å². The van der Waals surface area contributed by atoms with Crippen LogP contribution in [0, 0.1) is 0 Å². The molecule has 0 saturated carbocycles. The standard InChI is InChI=1S/C35H56NO3/c1-4-5-6-7-8-9-10-11-12-13-15-21-32-24-20-25-34(30-32)38-28-18-19-29-39-35(37)26-27-36(2,3)31-33-22-16-14-17-23-33/h14,16-17,20,22-25,30H,4-13,15,18-19,21,26-29,31H2,1-3H3/q+1. The predicted octanol–water partition coefficient (Wildman–Crippen LogP) is 8.91. The maximum Gasteiger partial charge on any atom is 0.311 e. The third kappa shape index (κ3) is 17.1. The zero-order valence-electron chi connectivity index (χ0n) is 25.3. The van der Waals surface area contributed by atoms with E-state index in [1.54, 1.807) is 0 Å². The molecule has 4 nitrogen and oxygen atoms in total. The molecule has 0 aromatic heterocycles. The molecular weight excluding hydrogens is 482 g/mol. The van der Waals surface area contributed by atoms with E-state index in [1.165, 1.54) is 81.8 Å². The van der Waals surface area contributed by atoms with Gasteiger partial charge in [0.25, 0.3) is 0 Å². The number of esters is 1. The van der Waals surface area contributed by atoms with E-state index in [1.807, 2.05) is 12.1 Å². The molecular formula is C35H56NO3+. The van der Waals surface area contributed by atoms with E-state index in [9.17, 15) is 4.79 Å². The van der Waals surface area contributed by atoms with Crippen molar-refractivity contribution in [3.8, 4) is 5.75 Å². The van der Waals surface area contributed by atoms with Gasteiger partial charge in [-0.3, -0.25) is 4.79 Å². The molecule has 0 unspecified atom stereocenters. The van der Waals surface area contributed by atoms with E-state index in [2.05, 4.69) is 63.5 Å². The second-order valence-electron chi connectivity index (χ2n) is 11.8. The molecule has 0 aliphatic heterocycles. The highest BCUT2D eigenvalue weighted by Gasteiger charge is 2.18. The number of benzene rings is 2. The Morgan fingerprint density at radius 2 is 1.31 bits per heavy atom. The second kappa shape index (κ2) is 20.6. The third-order valence-corrected chi connectivity index (χ3v) is 7.41. The Balaban J connectivity index is 1.46. The smallest absolute Gasteiger partial charge is 0.311 e.